The predicted molar refractivity (Wildman–Crippen MR) is 56.1 cm³/mol. The number of hydrogen-bond donors (Lipinski definition) is 0. The maximum atomic E-state index is 3.43. The minimum absolute atomic E-state index is 0.950. The fourth-order valence-electron chi connectivity index (χ4n) is 0.829. The molecule has 0 fully saturated rings. The lowest BCUT2D eigenvalue weighted by atomic mass is 10.2. The Bertz CT molecular complexity index is 239. The standard InChI is InChI=1S/C9H8Br2/c10-7-9(11)6-8-4-2-1-3-5-8/h1-5,7H,6H2/b9-7-. The zero-order valence-electron chi connectivity index (χ0n) is 5.93. The van der Waals surface area contributed by atoms with Gasteiger partial charge in [-0.1, -0.05) is 62.2 Å². The molecule has 0 amide bonds. The van der Waals surface area contributed by atoms with Gasteiger partial charge in [0.1, 0.15) is 0 Å². The lowest BCUT2D eigenvalue weighted by Gasteiger charge is -1.97. The molecule has 0 saturated heterocycles. The molecule has 1 rings (SSSR count). The second kappa shape index (κ2) is 4.73. The largest absolute Gasteiger partial charge is 0.0622 e. The van der Waals surface area contributed by atoms with Gasteiger partial charge < -0.3 is 0 Å². The Morgan fingerprint density at radius 1 is 1.27 bits per heavy atom. The van der Waals surface area contributed by atoms with Crippen LogP contribution in [0.25, 0.3) is 0 Å². The third kappa shape index (κ3) is 3.21. The summed E-state index contributed by atoms with van der Waals surface area (Å²) in [7, 11) is 0. The smallest absolute Gasteiger partial charge is 0.00635 e. The van der Waals surface area contributed by atoms with Crippen molar-refractivity contribution in [2.24, 2.45) is 0 Å². The Morgan fingerprint density at radius 3 is 2.45 bits per heavy atom. The Hall–Kier alpha value is -0.0800. The monoisotopic (exact) mass is 274 g/mol. The molecule has 1 aromatic rings. The zero-order chi connectivity index (χ0) is 8.10. The van der Waals surface area contributed by atoms with Crippen molar-refractivity contribution in [3.05, 3.63) is 45.4 Å². The predicted octanol–water partition coefficient (Wildman–Crippen LogP) is 3.86. The maximum absolute atomic E-state index is 3.43. The summed E-state index contributed by atoms with van der Waals surface area (Å²) in [5.41, 5.74) is 1.31. The molecule has 0 aliphatic rings. The van der Waals surface area contributed by atoms with Gasteiger partial charge in [-0.25, -0.2) is 0 Å². The summed E-state index contributed by atoms with van der Waals surface area (Å²) in [4.78, 5) is 1.89. The van der Waals surface area contributed by atoms with E-state index in [0.717, 1.165) is 10.9 Å². The molecule has 0 nitrogen and oxygen atoms in total. The van der Waals surface area contributed by atoms with Crippen molar-refractivity contribution in [3.63, 3.8) is 0 Å². The SMILES string of the molecule is Br/C=C(\Br)Cc1ccccc1. The molecule has 58 valence electrons. The zero-order valence-corrected chi connectivity index (χ0v) is 9.10. The van der Waals surface area contributed by atoms with E-state index in [4.69, 9.17) is 0 Å². The maximum Gasteiger partial charge on any atom is 0.00635 e. The van der Waals surface area contributed by atoms with Crippen LogP contribution in [-0.2, 0) is 6.42 Å². The van der Waals surface area contributed by atoms with Gasteiger partial charge in [-0.15, -0.1) is 0 Å². The summed E-state index contributed by atoms with van der Waals surface area (Å²) in [5.74, 6) is 0. The van der Waals surface area contributed by atoms with E-state index in [9.17, 15) is 0 Å². The molecule has 0 aliphatic heterocycles. The van der Waals surface area contributed by atoms with E-state index >= 15 is 0 Å². The molecule has 0 heterocycles. The highest BCUT2D eigenvalue weighted by atomic mass is 79.9. The van der Waals surface area contributed by atoms with E-state index in [0.29, 0.717) is 0 Å². The van der Waals surface area contributed by atoms with Crippen LogP contribution in [0.2, 0.25) is 0 Å². The Morgan fingerprint density at radius 2 is 1.91 bits per heavy atom. The lowest BCUT2D eigenvalue weighted by Crippen LogP contribution is -1.81. The normalized spacial score (nSPS) is 11.6. The first kappa shape index (κ1) is 9.01. The van der Waals surface area contributed by atoms with Gasteiger partial charge in [-0.2, -0.15) is 0 Å². The van der Waals surface area contributed by atoms with Crippen LogP contribution in [0.1, 0.15) is 5.56 Å². The fraction of sp³-hybridized carbons (Fsp3) is 0.111. The van der Waals surface area contributed by atoms with Gasteiger partial charge >= 0.3 is 0 Å². The van der Waals surface area contributed by atoms with Gasteiger partial charge in [-0.05, 0) is 10.5 Å². The van der Waals surface area contributed by atoms with Crippen LogP contribution in [0.15, 0.2) is 39.8 Å². The molecular formula is C9H8Br2. The van der Waals surface area contributed by atoms with Gasteiger partial charge in [0.25, 0.3) is 0 Å². The number of hydrogen-bond acceptors (Lipinski definition) is 0. The summed E-state index contributed by atoms with van der Waals surface area (Å²) in [6.45, 7) is 0. The number of allylic oxidation sites excluding steroid dienone is 1. The van der Waals surface area contributed by atoms with E-state index < -0.39 is 0 Å². The van der Waals surface area contributed by atoms with Gasteiger partial charge in [0.2, 0.25) is 0 Å². The minimum Gasteiger partial charge on any atom is -0.0622 e. The third-order valence-electron chi connectivity index (χ3n) is 1.33. The molecule has 0 bridgehead atoms. The molecular weight excluding hydrogens is 268 g/mol. The summed E-state index contributed by atoms with van der Waals surface area (Å²) in [6.07, 6.45) is 0.950. The molecule has 0 unspecified atom stereocenters. The average Bonchev–Trinajstić information content (AvgIpc) is 2.06. The van der Waals surface area contributed by atoms with Crippen LogP contribution in [0.5, 0.6) is 0 Å². The van der Waals surface area contributed by atoms with Gasteiger partial charge in [0.05, 0.1) is 0 Å². The van der Waals surface area contributed by atoms with Crippen molar-refractivity contribution in [2.45, 2.75) is 6.42 Å². The number of halogens is 2. The molecule has 0 atom stereocenters. The Kier molecular flexibility index (Phi) is 3.87. The highest BCUT2D eigenvalue weighted by molar-refractivity contribution is 9.14. The first-order valence-electron chi connectivity index (χ1n) is 3.31. The van der Waals surface area contributed by atoms with E-state index in [1.54, 1.807) is 0 Å². The third-order valence-corrected chi connectivity index (χ3v) is 3.01. The van der Waals surface area contributed by atoms with Gasteiger partial charge in [0, 0.05) is 10.9 Å². The van der Waals surface area contributed by atoms with E-state index in [-0.39, 0.29) is 0 Å². The fourth-order valence-corrected chi connectivity index (χ4v) is 1.32. The number of benzene rings is 1. The minimum atomic E-state index is 0.950. The van der Waals surface area contributed by atoms with Crippen LogP contribution < -0.4 is 0 Å². The van der Waals surface area contributed by atoms with Crippen molar-refractivity contribution in [1.29, 1.82) is 0 Å². The highest BCUT2D eigenvalue weighted by Crippen LogP contribution is 2.14. The van der Waals surface area contributed by atoms with Crippen molar-refractivity contribution in [1.82, 2.24) is 0 Å². The lowest BCUT2D eigenvalue weighted by molar-refractivity contribution is 1.26. The second-order valence-electron chi connectivity index (χ2n) is 2.22. The topological polar surface area (TPSA) is 0 Å². The first-order valence-corrected chi connectivity index (χ1v) is 5.02. The molecule has 11 heavy (non-hydrogen) atoms. The van der Waals surface area contributed by atoms with Gasteiger partial charge in [-0.3, -0.25) is 0 Å². The summed E-state index contributed by atoms with van der Waals surface area (Å²) in [5, 5.41) is 0. The van der Waals surface area contributed by atoms with Crippen LogP contribution in [0.4, 0.5) is 0 Å². The summed E-state index contributed by atoms with van der Waals surface area (Å²) >= 11 is 6.69. The Balaban J connectivity index is 2.65. The molecule has 0 aromatic heterocycles. The van der Waals surface area contributed by atoms with Crippen LogP contribution >= 0.6 is 31.9 Å². The van der Waals surface area contributed by atoms with Crippen molar-refractivity contribution in [3.8, 4) is 0 Å². The average molecular weight is 276 g/mol. The van der Waals surface area contributed by atoms with Crippen molar-refractivity contribution in [2.75, 3.05) is 0 Å². The quantitative estimate of drug-likeness (QED) is 0.769. The van der Waals surface area contributed by atoms with Crippen LogP contribution in [-0.4, -0.2) is 0 Å². The van der Waals surface area contributed by atoms with Crippen LogP contribution in [0.3, 0.4) is 0 Å². The van der Waals surface area contributed by atoms with E-state index in [1.165, 1.54) is 5.56 Å². The summed E-state index contributed by atoms with van der Waals surface area (Å²) in [6, 6.07) is 10.3. The van der Waals surface area contributed by atoms with E-state index in [2.05, 4.69) is 44.0 Å². The summed E-state index contributed by atoms with van der Waals surface area (Å²) < 4.78 is 1.16. The Labute approximate surface area is 83.6 Å². The molecule has 0 spiro atoms. The number of rotatable bonds is 2. The molecule has 2 heteroatoms. The molecule has 1 aromatic carbocycles. The second-order valence-corrected chi connectivity index (χ2v) is 3.69. The first-order chi connectivity index (χ1) is 5.33. The molecule has 0 aliphatic carbocycles. The molecule has 0 radical (unpaired) electrons. The van der Waals surface area contributed by atoms with Gasteiger partial charge in [0.15, 0.2) is 0 Å². The highest BCUT2D eigenvalue weighted by Gasteiger charge is 1.92. The molecule has 0 N–H and O–H groups in total. The van der Waals surface area contributed by atoms with E-state index in [1.807, 2.05) is 23.2 Å². The van der Waals surface area contributed by atoms with Crippen molar-refractivity contribution < 1.29 is 0 Å². The van der Waals surface area contributed by atoms with Crippen LogP contribution in [0, 0.1) is 0 Å². The van der Waals surface area contributed by atoms with Crippen molar-refractivity contribution >= 4 is 31.9 Å². The molecule has 0 saturated carbocycles.